The number of nitrogens with zero attached hydrogens (tertiary/aromatic N) is 1. The van der Waals surface area contributed by atoms with E-state index in [9.17, 15) is 9.90 Å². The SMILES string of the molecule is COC1CC(C[C@H]2C3CC(OC)C(OC)CC3CCN2C)C(OC2CC3C(=O)C4C5C(CC[NH+]4C)CC(OC)C([O-])C5C3CC2OC)CC1OC. The van der Waals surface area contributed by atoms with E-state index in [-0.39, 0.29) is 84.5 Å². The predicted octanol–water partition coefficient (Wildman–Crippen LogP) is 1.24. The number of hydrogen-bond acceptors (Lipinski definition) is 10. The van der Waals surface area contributed by atoms with Crippen molar-refractivity contribution in [3.05, 3.63) is 0 Å². The summed E-state index contributed by atoms with van der Waals surface area (Å²) in [7, 11) is 15.1. The van der Waals surface area contributed by atoms with Crippen molar-refractivity contribution in [2.45, 2.75) is 131 Å². The molecule has 0 aromatic rings. The topological polar surface area (TPSA) is 112 Å². The molecule has 20 atom stereocenters. The number of likely N-dealkylation sites (N-methyl/N-ethyl adjacent to an activating group) is 1. The summed E-state index contributed by atoms with van der Waals surface area (Å²) >= 11 is 0. The van der Waals surface area contributed by atoms with E-state index < -0.39 is 6.10 Å². The van der Waals surface area contributed by atoms with Gasteiger partial charge in [0, 0.05) is 73.1 Å². The zero-order valence-corrected chi connectivity index (χ0v) is 32.6. The summed E-state index contributed by atoms with van der Waals surface area (Å²) in [6, 6.07) is 0.301. The first kappa shape index (κ1) is 38.5. The highest BCUT2D eigenvalue weighted by molar-refractivity contribution is 5.87. The molecule has 0 aromatic carbocycles. The van der Waals surface area contributed by atoms with Gasteiger partial charge in [0.1, 0.15) is 6.04 Å². The van der Waals surface area contributed by atoms with Crippen LogP contribution in [0.4, 0.5) is 0 Å². The van der Waals surface area contributed by atoms with E-state index in [0.717, 1.165) is 58.0 Å². The normalized spacial score (nSPS) is 51.7. The molecule has 2 heterocycles. The van der Waals surface area contributed by atoms with E-state index in [0.29, 0.717) is 42.4 Å². The third kappa shape index (κ3) is 7.02. The Bertz CT molecular complexity index is 1180. The number of rotatable bonds is 10. The van der Waals surface area contributed by atoms with Crippen LogP contribution in [0.1, 0.15) is 64.2 Å². The van der Waals surface area contributed by atoms with Crippen LogP contribution in [0.25, 0.3) is 0 Å². The van der Waals surface area contributed by atoms with Crippen LogP contribution in [0.3, 0.4) is 0 Å². The molecule has 0 radical (unpaired) electrons. The maximum absolute atomic E-state index is 14.6. The van der Waals surface area contributed by atoms with E-state index in [1.165, 1.54) is 11.3 Å². The molecule has 2 aliphatic heterocycles. The number of methoxy groups -OCH3 is 6. The Morgan fingerprint density at radius 3 is 1.94 bits per heavy atom. The molecular formula is C40H68N2O9. The fraction of sp³-hybridized carbons (Fsp3) is 0.975. The highest BCUT2D eigenvalue weighted by Gasteiger charge is 2.62. The summed E-state index contributed by atoms with van der Waals surface area (Å²) in [6.45, 7) is 2.05. The molecule has 292 valence electrons. The molecule has 11 nitrogen and oxygen atoms in total. The smallest absolute Gasteiger partial charge is 0.193 e. The van der Waals surface area contributed by atoms with Gasteiger partial charge in [0.25, 0.3) is 0 Å². The van der Waals surface area contributed by atoms with Gasteiger partial charge in [0.15, 0.2) is 5.78 Å². The lowest BCUT2D eigenvalue weighted by atomic mass is 9.50. The standard InChI is InChI=1S/C40H67N2O9/c1-41-11-9-21-14-29(45-3)31(47-5)17-24(21)27(41)13-23-16-30(46-4)33(49-7)20-28(23)51-34-19-26-25(18-32(34)48-6)37-36-22(15-35(50-8)40(37)44)10-12-42(2)38(36)39(26)43/h21-38,40H,9-20H2,1-8H3/q-1/p+1/t21?,22?,23?,24?,25?,26?,27-,28?,29?,30?,31?,32?,33?,34?,35?,36?,37?,38?,40?/m0/s1. The van der Waals surface area contributed by atoms with Crippen LogP contribution >= 0.6 is 0 Å². The number of ether oxygens (including phenoxy) is 7. The number of ketones is 1. The van der Waals surface area contributed by atoms with Gasteiger partial charge in [-0.3, -0.25) is 4.79 Å². The summed E-state index contributed by atoms with van der Waals surface area (Å²) in [5.74, 6) is 2.03. The summed E-state index contributed by atoms with van der Waals surface area (Å²) in [6.07, 6.45) is 7.63. The van der Waals surface area contributed by atoms with Crippen LogP contribution in [0.5, 0.6) is 0 Å². The molecule has 51 heavy (non-hydrogen) atoms. The number of carbonyl (C=O) groups excluding carboxylic acids is 1. The number of Topliss-reactive ketones (excluding diaryl/α,β-unsaturated/α-hetero) is 1. The van der Waals surface area contributed by atoms with E-state index in [1.807, 2.05) is 14.2 Å². The first-order valence-corrected chi connectivity index (χ1v) is 20.2. The fourth-order valence-electron chi connectivity index (χ4n) is 13.2. The van der Waals surface area contributed by atoms with Crippen molar-refractivity contribution >= 4 is 5.78 Å². The zero-order chi connectivity index (χ0) is 36.1. The second kappa shape index (κ2) is 16.2. The molecule has 0 bridgehead atoms. The molecule has 19 unspecified atom stereocenters. The Hall–Kier alpha value is -0.730. The lowest BCUT2D eigenvalue weighted by molar-refractivity contribution is -0.910. The average Bonchev–Trinajstić information content (AvgIpc) is 3.15. The molecule has 0 spiro atoms. The number of nitrogens with one attached hydrogen (secondary N) is 1. The van der Waals surface area contributed by atoms with Crippen LogP contribution in [0, 0.1) is 47.3 Å². The van der Waals surface area contributed by atoms with Gasteiger partial charge in [-0.2, -0.15) is 0 Å². The van der Waals surface area contributed by atoms with Gasteiger partial charge in [-0.05, 0) is 107 Å². The predicted molar refractivity (Wildman–Crippen MR) is 188 cm³/mol. The van der Waals surface area contributed by atoms with Crippen LogP contribution in [-0.4, -0.2) is 148 Å². The Labute approximate surface area is 306 Å². The Morgan fingerprint density at radius 1 is 0.667 bits per heavy atom. The Balaban J connectivity index is 1.14. The molecule has 11 heteroatoms. The summed E-state index contributed by atoms with van der Waals surface area (Å²) < 4.78 is 43.4. The van der Waals surface area contributed by atoms with E-state index >= 15 is 0 Å². The Kier molecular flexibility index (Phi) is 12.2. The molecule has 1 N–H and O–H groups in total. The first-order valence-electron chi connectivity index (χ1n) is 20.2. The second-order valence-corrected chi connectivity index (χ2v) is 17.7. The van der Waals surface area contributed by atoms with Crippen molar-refractivity contribution < 1.29 is 48.0 Å². The average molecular weight is 721 g/mol. The zero-order valence-electron chi connectivity index (χ0n) is 32.6. The third-order valence-corrected chi connectivity index (χ3v) is 15.8. The highest BCUT2D eigenvalue weighted by atomic mass is 16.6. The van der Waals surface area contributed by atoms with Crippen LogP contribution in [0.15, 0.2) is 0 Å². The maximum atomic E-state index is 14.6. The second-order valence-electron chi connectivity index (χ2n) is 17.7. The minimum absolute atomic E-state index is 0.00177. The molecule has 7 fully saturated rings. The van der Waals surface area contributed by atoms with Gasteiger partial charge < -0.3 is 48.1 Å². The molecular weight excluding hydrogens is 652 g/mol. The minimum atomic E-state index is -0.815. The van der Waals surface area contributed by atoms with Crippen molar-refractivity contribution in [1.82, 2.24) is 4.90 Å². The number of likely N-dealkylation sites (tertiary alicyclic amines) is 2. The van der Waals surface area contributed by atoms with Crippen LogP contribution in [-0.2, 0) is 38.0 Å². The van der Waals surface area contributed by atoms with Crippen LogP contribution in [0.2, 0.25) is 0 Å². The van der Waals surface area contributed by atoms with Gasteiger partial charge in [-0.25, -0.2) is 0 Å². The lowest BCUT2D eigenvalue weighted by Crippen LogP contribution is -3.17. The molecule has 5 aliphatic carbocycles. The molecule has 0 amide bonds. The summed E-state index contributed by atoms with van der Waals surface area (Å²) in [5, 5.41) is 14.2. The lowest BCUT2D eigenvalue weighted by Gasteiger charge is -2.62. The van der Waals surface area contributed by atoms with E-state index in [2.05, 4.69) is 19.0 Å². The molecule has 5 saturated carbocycles. The number of hydrogen-bond donors (Lipinski definition) is 1. The molecule has 7 aliphatic rings. The van der Waals surface area contributed by atoms with E-state index in [1.54, 1.807) is 28.4 Å². The van der Waals surface area contributed by atoms with Crippen molar-refractivity contribution in [2.24, 2.45) is 47.3 Å². The Morgan fingerprint density at radius 2 is 1.25 bits per heavy atom. The number of quaternary nitrogens is 1. The quantitative estimate of drug-likeness (QED) is 0.354. The monoisotopic (exact) mass is 720 g/mol. The third-order valence-electron chi connectivity index (χ3n) is 15.8. The maximum Gasteiger partial charge on any atom is 0.193 e. The largest absolute Gasteiger partial charge is 0.850 e. The minimum Gasteiger partial charge on any atom is -0.850 e. The summed E-state index contributed by atoms with van der Waals surface area (Å²) in [5.41, 5.74) is 0. The van der Waals surface area contributed by atoms with Gasteiger partial charge in [0.2, 0.25) is 0 Å². The van der Waals surface area contributed by atoms with E-state index in [4.69, 9.17) is 33.2 Å². The van der Waals surface area contributed by atoms with Crippen molar-refractivity contribution in [3.63, 3.8) is 0 Å². The number of carbonyl (C=O) groups is 1. The van der Waals surface area contributed by atoms with Gasteiger partial charge in [-0.15, -0.1) is 0 Å². The highest BCUT2D eigenvalue weighted by Crippen LogP contribution is 2.54. The number of piperidine rings is 2. The molecule has 2 saturated heterocycles. The van der Waals surface area contributed by atoms with Gasteiger partial charge >= 0.3 is 0 Å². The van der Waals surface area contributed by atoms with Crippen molar-refractivity contribution in [3.8, 4) is 0 Å². The fourth-order valence-corrected chi connectivity index (χ4v) is 13.2. The number of fused-ring (bicyclic) bond motifs is 3. The van der Waals surface area contributed by atoms with Gasteiger partial charge in [-0.1, -0.05) is 6.10 Å². The first-order chi connectivity index (χ1) is 24.6. The van der Waals surface area contributed by atoms with Crippen LogP contribution < -0.4 is 10.0 Å². The molecule has 7 rings (SSSR count). The van der Waals surface area contributed by atoms with Crippen molar-refractivity contribution in [1.29, 1.82) is 0 Å². The summed E-state index contributed by atoms with van der Waals surface area (Å²) in [4.78, 5) is 18.4. The van der Waals surface area contributed by atoms with Gasteiger partial charge in [0.05, 0.1) is 56.3 Å². The van der Waals surface area contributed by atoms with Crippen molar-refractivity contribution in [2.75, 3.05) is 69.8 Å². The molecule has 0 aromatic heterocycles.